The molecule has 1 nitrogen and oxygen atoms in total. The van der Waals surface area contributed by atoms with Crippen molar-refractivity contribution in [1.82, 2.24) is 0 Å². The van der Waals surface area contributed by atoms with Gasteiger partial charge in [0.1, 0.15) is 0 Å². The molecule has 2 N–H and O–H groups in total. The van der Waals surface area contributed by atoms with E-state index in [-0.39, 0.29) is 6.54 Å². The van der Waals surface area contributed by atoms with Gasteiger partial charge in [0.25, 0.3) is 0 Å². The number of nitrogens with two attached hydrogens (primary N) is 1. The molecule has 0 aliphatic heterocycles. The summed E-state index contributed by atoms with van der Waals surface area (Å²) in [5, 5.41) is 0.425. The Morgan fingerprint density at radius 1 is 1.36 bits per heavy atom. The molecule has 1 aromatic rings. The summed E-state index contributed by atoms with van der Waals surface area (Å²) < 4.78 is 25.7. The zero-order valence-electron chi connectivity index (χ0n) is 7.18. The van der Waals surface area contributed by atoms with Crippen LogP contribution in [0.4, 0.5) is 8.78 Å². The molecule has 0 saturated carbocycles. The topological polar surface area (TPSA) is 26.0 Å². The van der Waals surface area contributed by atoms with Gasteiger partial charge in [-0.3, -0.25) is 0 Å². The summed E-state index contributed by atoms with van der Waals surface area (Å²) >= 11 is 8.93. The maximum atomic E-state index is 12.5. The predicted molar refractivity (Wildman–Crippen MR) is 57.0 cm³/mol. The molecule has 0 radical (unpaired) electrons. The summed E-state index contributed by atoms with van der Waals surface area (Å²) in [6, 6.07) is 4.76. The van der Waals surface area contributed by atoms with Gasteiger partial charge in [0, 0.05) is 16.0 Å². The quantitative estimate of drug-likeness (QED) is 0.904. The third kappa shape index (κ3) is 2.90. The Morgan fingerprint density at radius 2 is 2.00 bits per heavy atom. The van der Waals surface area contributed by atoms with Crippen LogP contribution in [-0.2, 0) is 0 Å². The van der Waals surface area contributed by atoms with E-state index in [0.717, 1.165) is 0 Å². The molecule has 5 heteroatoms. The molecule has 0 aliphatic carbocycles. The van der Waals surface area contributed by atoms with E-state index < -0.39 is 12.3 Å². The first-order valence-corrected chi connectivity index (χ1v) is 5.16. The molecular formula is C9H9BrClF2N. The van der Waals surface area contributed by atoms with Gasteiger partial charge in [0.15, 0.2) is 0 Å². The molecule has 0 bridgehead atoms. The average molecular weight is 285 g/mol. The SMILES string of the molecule is NCC(c1cc(Cl)cc(Br)c1)C(F)F. The maximum Gasteiger partial charge on any atom is 0.246 e. The van der Waals surface area contributed by atoms with E-state index in [1.807, 2.05) is 0 Å². The van der Waals surface area contributed by atoms with Gasteiger partial charge in [-0.05, 0) is 23.8 Å². The number of hydrogen-bond acceptors (Lipinski definition) is 1. The first-order chi connectivity index (χ1) is 6.54. The minimum absolute atomic E-state index is 0.0928. The molecule has 1 rings (SSSR count). The summed E-state index contributed by atoms with van der Waals surface area (Å²) in [6.45, 7) is -0.0928. The number of hydrogen-bond donors (Lipinski definition) is 1. The van der Waals surface area contributed by atoms with Gasteiger partial charge >= 0.3 is 0 Å². The summed E-state index contributed by atoms with van der Waals surface area (Å²) in [5.41, 5.74) is 5.73. The van der Waals surface area contributed by atoms with Gasteiger partial charge in [0.05, 0.1) is 5.92 Å². The molecule has 1 aromatic carbocycles. The minimum atomic E-state index is -2.47. The van der Waals surface area contributed by atoms with Crippen molar-refractivity contribution >= 4 is 27.5 Å². The Labute approximate surface area is 94.4 Å². The fourth-order valence-electron chi connectivity index (χ4n) is 1.17. The van der Waals surface area contributed by atoms with E-state index in [1.54, 1.807) is 12.1 Å². The highest BCUT2D eigenvalue weighted by molar-refractivity contribution is 9.10. The zero-order chi connectivity index (χ0) is 10.7. The Kier molecular flexibility index (Phi) is 4.29. The second kappa shape index (κ2) is 5.05. The molecule has 0 saturated heterocycles. The number of halogens is 4. The molecule has 0 aromatic heterocycles. The molecule has 0 amide bonds. The van der Waals surface area contributed by atoms with Gasteiger partial charge in [-0.1, -0.05) is 27.5 Å². The normalized spacial score (nSPS) is 13.3. The first-order valence-electron chi connectivity index (χ1n) is 3.98. The number of alkyl halides is 2. The molecule has 1 unspecified atom stereocenters. The van der Waals surface area contributed by atoms with Crippen molar-refractivity contribution in [2.75, 3.05) is 6.54 Å². The van der Waals surface area contributed by atoms with Crippen LogP contribution in [0.25, 0.3) is 0 Å². The lowest BCUT2D eigenvalue weighted by Gasteiger charge is -2.14. The minimum Gasteiger partial charge on any atom is -0.330 e. The van der Waals surface area contributed by atoms with E-state index >= 15 is 0 Å². The zero-order valence-corrected chi connectivity index (χ0v) is 9.52. The van der Waals surface area contributed by atoms with Gasteiger partial charge < -0.3 is 5.73 Å². The van der Waals surface area contributed by atoms with Crippen LogP contribution >= 0.6 is 27.5 Å². The van der Waals surface area contributed by atoms with Crippen LogP contribution in [0, 0.1) is 0 Å². The Hall–Kier alpha value is -0.190. The largest absolute Gasteiger partial charge is 0.330 e. The van der Waals surface area contributed by atoms with Crippen molar-refractivity contribution in [2.45, 2.75) is 12.3 Å². The van der Waals surface area contributed by atoms with E-state index in [2.05, 4.69) is 15.9 Å². The van der Waals surface area contributed by atoms with Crippen molar-refractivity contribution in [2.24, 2.45) is 5.73 Å². The van der Waals surface area contributed by atoms with Crippen LogP contribution in [0.15, 0.2) is 22.7 Å². The smallest absolute Gasteiger partial charge is 0.246 e. The van der Waals surface area contributed by atoms with Crippen molar-refractivity contribution in [3.63, 3.8) is 0 Å². The lowest BCUT2D eigenvalue weighted by atomic mass is 10.00. The maximum absolute atomic E-state index is 12.5. The molecular weight excluding hydrogens is 275 g/mol. The van der Waals surface area contributed by atoms with Crippen LogP contribution in [0.1, 0.15) is 11.5 Å². The fraction of sp³-hybridized carbons (Fsp3) is 0.333. The molecule has 0 spiro atoms. The van der Waals surface area contributed by atoms with Crippen LogP contribution in [0.3, 0.4) is 0 Å². The second-order valence-electron chi connectivity index (χ2n) is 2.88. The monoisotopic (exact) mass is 283 g/mol. The van der Waals surface area contributed by atoms with Crippen LogP contribution in [0.5, 0.6) is 0 Å². The highest BCUT2D eigenvalue weighted by Gasteiger charge is 2.21. The van der Waals surface area contributed by atoms with Crippen molar-refractivity contribution in [3.8, 4) is 0 Å². The molecule has 0 fully saturated rings. The van der Waals surface area contributed by atoms with Crippen molar-refractivity contribution in [1.29, 1.82) is 0 Å². The van der Waals surface area contributed by atoms with Gasteiger partial charge in [0.2, 0.25) is 6.43 Å². The highest BCUT2D eigenvalue weighted by Crippen LogP contribution is 2.28. The Balaban J connectivity index is 3.04. The third-order valence-corrected chi connectivity index (χ3v) is 2.55. The Morgan fingerprint density at radius 3 is 2.43 bits per heavy atom. The van der Waals surface area contributed by atoms with Gasteiger partial charge in [-0.2, -0.15) is 0 Å². The van der Waals surface area contributed by atoms with Crippen molar-refractivity contribution in [3.05, 3.63) is 33.3 Å². The lowest BCUT2D eigenvalue weighted by Crippen LogP contribution is -2.19. The molecule has 14 heavy (non-hydrogen) atoms. The first kappa shape index (κ1) is 11.9. The summed E-state index contributed by atoms with van der Waals surface area (Å²) in [6.07, 6.45) is -2.47. The van der Waals surface area contributed by atoms with E-state index in [4.69, 9.17) is 17.3 Å². The molecule has 0 aliphatic rings. The highest BCUT2D eigenvalue weighted by atomic mass is 79.9. The molecule has 0 heterocycles. The summed E-state index contributed by atoms with van der Waals surface area (Å²) in [7, 11) is 0. The fourth-order valence-corrected chi connectivity index (χ4v) is 2.06. The van der Waals surface area contributed by atoms with E-state index in [0.29, 0.717) is 15.1 Å². The third-order valence-electron chi connectivity index (χ3n) is 1.87. The van der Waals surface area contributed by atoms with Crippen LogP contribution in [-0.4, -0.2) is 13.0 Å². The number of benzene rings is 1. The van der Waals surface area contributed by atoms with Crippen molar-refractivity contribution < 1.29 is 8.78 Å². The molecule has 78 valence electrons. The van der Waals surface area contributed by atoms with E-state index in [9.17, 15) is 8.78 Å². The lowest BCUT2D eigenvalue weighted by molar-refractivity contribution is 0.117. The van der Waals surface area contributed by atoms with Crippen LogP contribution in [0.2, 0.25) is 5.02 Å². The molecule has 1 atom stereocenters. The summed E-state index contributed by atoms with van der Waals surface area (Å²) in [4.78, 5) is 0. The van der Waals surface area contributed by atoms with Crippen LogP contribution < -0.4 is 5.73 Å². The van der Waals surface area contributed by atoms with Gasteiger partial charge in [-0.15, -0.1) is 0 Å². The number of rotatable bonds is 3. The predicted octanol–water partition coefficient (Wildman–Crippen LogP) is 3.41. The average Bonchev–Trinajstić information content (AvgIpc) is 2.02. The summed E-state index contributed by atoms with van der Waals surface area (Å²) in [5.74, 6) is -0.954. The Bertz CT molecular complexity index is 299. The van der Waals surface area contributed by atoms with E-state index in [1.165, 1.54) is 6.07 Å². The standard InChI is InChI=1S/C9H9BrClF2N/c10-6-1-5(2-7(11)3-6)8(4-14)9(12)13/h1-3,8-9H,4,14H2. The van der Waals surface area contributed by atoms with Gasteiger partial charge in [-0.25, -0.2) is 8.78 Å². The second-order valence-corrected chi connectivity index (χ2v) is 4.23.